The van der Waals surface area contributed by atoms with Gasteiger partial charge in [-0.05, 0) is 49.9 Å². The Balaban J connectivity index is 1.26. The van der Waals surface area contributed by atoms with Gasteiger partial charge in [0.2, 0.25) is 12.7 Å². The fraction of sp³-hybridized carbons (Fsp3) is 0.407. The molecule has 1 unspecified atom stereocenters. The highest BCUT2D eigenvalue weighted by atomic mass is 32.1. The Bertz CT molecular complexity index is 1270. The molecule has 9 heteroatoms. The van der Waals surface area contributed by atoms with Crippen LogP contribution >= 0.6 is 11.3 Å². The molecule has 1 aliphatic carbocycles. The second-order valence-electron chi connectivity index (χ2n) is 9.48. The number of hydrogen-bond donors (Lipinski definition) is 2. The van der Waals surface area contributed by atoms with Crippen molar-refractivity contribution in [1.82, 2.24) is 9.88 Å². The van der Waals surface area contributed by atoms with Gasteiger partial charge in [-0.3, -0.25) is 9.69 Å². The summed E-state index contributed by atoms with van der Waals surface area (Å²) < 4.78 is 16.9. The van der Waals surface area contributed by atoms with Crippen LogP contribution in [0.15, 0.2) is 48.7 Å². The highest BCUT2D eigenvalue weighted by Crippen LogP contribution is 2.51. The maximum Gasteiger partial charge on any atom is 0.236 e. The molecule has 0 bridgehead atoms. The summed E-state index contributed by atoms with van der Waals surface area (Å²) in [6.07, 6.45) is 3.78. The van der Waals surface area contributed by atoms with Gasteiger partial charge in [-0.1, -0.05) is 35.6 Å². The standard InChI is InChI=1S/C27H29N3O5S/c1-2-33-20-6-4-3-5-19(20)24(30-12-9-18(31)15-30)23-14-28-26(36-23)29-25(32)27(10-11-27)17-7-8-21-22(13-17)35-16-34-21/h3-8,13-14,18,24,31H,2,9-12,15-16H2,1H3,(H,28,29,32)/t18-,24?/m1/s1. The van der Waals surface area contributed by atoms with Gasteiger partial charge in [-0.2, -0.15) is 0 Å². The molecular formula is C27H29N3O5S. The Morgan fingerprint density at radius 2 is 2.11 bits per heavy atom. The Morgan fingerprint density at radius 3 is 2.89 bits per heavy atom. The monoisotopic (exact) mass is 507 g/mol. The molecule has 8 nitrogen and oxygen atoms in total. The number of para-hydroxylation sites is 1. The number of amides is 1. The molecule has 0 spiro atoms. The first-order valence-corrected chi connectivity index (χ1v) is 13.2. The molecule has 2 aliphatic heterocycles. The lowest BCUT2D eigenvalue weighted by atomic mass is 9.94. The molecule has 2 N–H and O–H groups in total. The topological polar surface area (TPSA) is 93.2 Å². The van der Waals surface area contributed by atoms with Crippen LogP contribution in [0.2, 0.25) is 0 Å². The highest BCUT2D eigenvalue weighted by Gasteiger charge is 2.52. The number of ether oxygens (including phenoxy) is 3. The average Bonchev–Trinajstić information content (AvgIpc) is 3.17. The van der Waals surface area contributed by atoms with Gasteiger partial charge in [0.05, 0.1) is 24.2 Å². The number of fused-ring (bicyclic) bond motifs is 1. The van der Waals surface area contributed by atoms with Crippen molar-refractivity contribution in [2.24, 2.45) is 0 Å². The summed E-state index contributed by atoms with van der Waals surface area (Å²) in [5.74, 6) is 2.17. The third-order valence-electron chi connectivity index (χ3n) is 7.20. The van der Waals surface area contributed by atoms with E-state index in [2.05, 4.69) is 21.3 Å². The predicted molar refractivity (Wildman–Crippen MR) is 136 cm³/mol. The largest absolute Gasteiger partial charge is 0.494 e. The number of carbonyl (C=O) groups is 1. The number of nitrogens with zero attached hydrogens (tertiary/aromatic N) is 2. The number of benzene rings is 2. The fourth-order valence-electron chi connectivity index (χ4n) is 5.18. The van der Waals surface area contributed by atoms with Gasteiger partial charge < -0.3 is 24.6 Å². The average molecular weight is 508 g/mol. The van der Waals surface area contributed by atoms with Gasteiger partial charge in [0, 0.05) is 29.7 Å². The van der Waals surface area contributed by atoms with E-state index in [1.54, 1.807) is 0 Å². The van der Waals surface area contributed by atoms with Crippen molar-refractivity contribution in [3.05, 3.63) is 64.7 Å². The Morgan fingerprint density at radius 1 is 1.28 bits per heavy atom. The number of hydrogen-bond acceptors (Lipinski definition) is 8. The first-order valence-electron chi connectivity index (χ1n) is 12.4. The van der Waals surface area contributed by atoms with Crippen LogP contribution in [-0.2, 0) is 10.2 Å². The van der Waals surface area contributed by atoms with E-state index in [0.29, 0.717) is 29.8 Å². The molecule has 1 aromatic heterocycles. The quantitative estimate of drug-likeness (QED) is 0.474. The normalized spacial score (nSPS) is 20.8. The Kier molecular flexibility index (Phi) is 6.07. The molecule has 36 heavy (non-hydrogen) atoms. The number of rotatable bonds is 8. The second kappa shape index (κ2) is 9.38. The fourth-order valence-corrected chi connectivity index (χ4v) is 6.14. The molecule has 2 fully saturated rings. The molecule has 6 rings (SSSR count). The number of likely N-dealkylation sites (tertiary alicyclic amines) is 1. The lowest BCUT2D eigenvalue weighted by Gasteiger charge is -2.28. The number of aliphatic hydroxyl groups excluding tert-OH is 1. The third kappa shape index (κ3) is 4.21. The second-order valence-corrected chi connectivity index (χ2v) is 10.5. The maximum atomic E-state index is 13.4. The summed E-state index contributed by atoms with van der Waals surface area (Å²) >= 11 is 1.47. The lowest BCUT2D eigenvalue weighted by molar-refractivity contribution is -0.118. The van der Waals surface area contributed by atoms with E-state index >= 15 is 0 Å². The Labute approximate surface area is 213 Å². The molecule has 2 aromatic carbocycles. The molecule has 1 amide bonds. The van der Waals surface area contributed by atoms with Crippen LogP contribution in [-0.4, -0.2) is 53.5 Å². The molecule has 2 atom stereocenters. The number of aromatic nitrogens is 1. The zero-order valence-corrected chi connectivity index (χ0v) is 20.9. The lowest BCUT2D eigenvalue weighted by Crippen LogP contribution is -2.28. The Hall–Kier alpha value is -3.14. The van der Waals surface area contributed by atoms with Gasteiger partial charge in [0.1, 0.15) is 5.75 Å². The minimum Gasteiger partial charge on any atom is -0.494 e. The van der Waals surface area contributed by atoms with E-state index in [9.17, 15) is 9.90 Å². The molecular weight excluding hydrogens is 478 g/mol. The van der Waals surface area contributed by atoms with E-state index in [1.807, 2.05) is 49.5 Å². The van der Waals surface area contributed by atoms with E-state index < -0.39 is 5.41 Å². The van der Waals surface area contributed by atoms with E-state index in [-0.39, 0.29) is 24.8 Å². The third-order valence-corrected chi connectivity index (χ3v) is 8.16. The van der Waals surface area contributed by atoms with E-state index in [0.717, 1.165) is 47.6 Å². The van der Waals surface area contributed by atoms with Crippen LogP contribution in [0.5, 0.6) is 17.2 Å². The van der Waals surface area contributed by atoms with Crippen LogP contribution in [0.3, 0.4) is 0 Å². The SMILES string of the molecule is CCOc1ccccc1C(c1cnc(NC(=O)C2(c3ccc4c(c3)OCO4)CC2)s1)N1CC[C@@H](O)C1. The zero-order chi connectivity index (χ0) is 24.7. The predicted octanol–water partition coefficient (Wildman–Crippen LogP) is 4.10. The van der Waals surface area contributed by atoms with Crippen molar-refractivity contribution in [3.8, 4) is 17.2 Å². The minimum atomic E-state index is -0.563. The van der Waals surface area contributed by atoms with Gasteiger partial charge >= 0.3 is 0 Å². The molecule has 3 aromatic rings. The first kappa shape index (κ1) is 23.3. The number of nitrogens with one attached hydrogen (secondary N) is 1. The number of β-amino-alcohol motifs (C(OH)–C–C–N with tert-alkyl or cyclic N) is 1. The van der Waals surface area contributed by atoms with Crippen molar-refractivity contribution >= 4 is 22.4 Å². The van der Waals surface area contributed by atoms with Gasteiger partial charge in [0.15, 0.2) is 16.6 Å². The molecule has 3 aliphatic rings. The van der Waals surface area contributed by atoms with Crippen molar-refractivity contribution < 1.29 is 24.1 Å². The zero-order valence-electron chi connectivity index (χ0n) is 20.1. The molecule has 1 saturated heterocycles. The van der Waals surface area contributed by atoms with Crippen molar-refractivity contribution in [2.75, 3.05) is 31.8 Å². The summed E-state index contributed by atoms with van der Waals surface area (Å²) in [5.41, 5.74) is 1.41. The molecule has 188 valence electrons. The molecule has 0 radical (unpaired) electrons. The molecule has 1 saturated carbocycles. The number of aliphatic hydroxyl groups is 1. The van der Waals surface area contributed by atoms with Crippen LogP contribution in [0, 0.1) is 0 Å². The molecule has 3 heterocycles. The van der Waals surface area contributed by atoms with Gasteiger partial charge in [0.25, 0.3) is 0 Å². The van der Waals surface area contributed by atoms with Crippen molar-refractivity contribution in [2.45, 2.75) is 43.7 Å². The number of thiazole rings is 1. The van der Waals surface area contributed by atoms with Crippen molar-refractivity contribution in [3.63, 3.8) is 0 Å². The first-order chi connectivity index (χ1) is 17.6. The minimum absolute atomic E-state index is 0.0508. The van der Waals surface area contributed by atoms with Crippen molar-refractivity contribution in [1.29, 1.82) is 0 Å². The van der Waals surface area contributed by atoms with E-state index in [1.165, 1.54) is 11.3 Å². The number of carbonyl (C=O) groups excluding carboxylic acids is 1. The number of anilines is 1. The van der Waals surface area contributed by atoms with Crippen LogP contribution in [0.25, 0.3) is 0 Å². The maximum absolute atomic E-state index is 13.4. The summed E-state index contributed by atoms with van der Waals surface area (Å²) in [6, 6.07) is 13.6. The summed E-state index contributed by atoms with van der Waals surface area (Å²) in [6.45, 7) is 4.11. The van der Waals surface area contributed by atoms with Crippen LogP contribution in [0.1, 0.15) is 48.2 Å². The smallest absolute Gasteiger partial charge is 0.236 e. The highest BCUT2D eigenvalue weighted by molar-refractivity contribution is 7.15. The summed E-state index contributed by atoms with van der Waals surface area (Å²) in [4.78, 5) is 21.2. The van der Waals surface area contributed by atoms with Crippen LogP contribution in [0.4, 0.5) is 5.13 Å². The van der Waals surface area contributed by atoms with Gasteiger partial charge in [-0.15, -0.1) is 0 Å². The van der Waals surface area contributed by atoms with Gasteiger partial charge in [-0.25, -0.2) is 4.98 Å². The van der Waals surface area contributed by atoms with Crippen LogP contribution < -0.4 is 19.5 Å². The van der Waals surface area contributed by atoms with E-state index in [4.69, 9.17) is 14.2 Å². The summed E-state index contributed by atoms with van der Waals surface area (Å²) in [5, 5.41) is 13.9. The summed E-state index contributed by atoms with van der Waals surface area (Å²) in [7, 11) is 0.